The zero-order valence-electron chi connectivity index (χ0n) is 11.4. The lowest BCUT2D eigenvalue weighted by Crippen LogP contribution is -1.97. The Labute approximate surface area is 114 Å². The first kappa shape index (κ1) is 13.4. The smallest absolute Gasteiger partial charge is 0.163 e. The quantitative estimate of drug-likeness (QED) is 0.796. The lowest BCUT2D eigenvalue weighted by Gasteiger charge is -2.12. The topological polar surface area (TPSA) is 31.4 Å². The molecule has 0 N–H and O–H groups in total. The normalized spacial score (nSPS) is 10.2. The summed E-state index contributed by atoms with van der Waals surface area (Å²) in [4.78, 5) is 4.13. The van der Waals surface area contributed by atoms with Crippen LogP contribution >= 0.6 is 0 Å². The average molecular weight is 257 g/mol. The van der Waals surface area contributed by atoms with Gasteiger partial charge in [-0.1, -0.05) is 18.2 Å². The fourth-order valence-corrected chi connectivity index (χ4v) is 2.18. The van der Waals surface area contributed by atoms with Crippen LogP contribution in [0.25, 0.3) is 0 Å². The van der Waals surface area contributed by atoms with Gasteiger partial charge in [-0.3, -0.25) is 4.98 Å². The molecule has 3 nitrogen and oxygen atoms in total. The van der Waals surface area contributed by atoms with E-state index in [4.69, 9.17) is 9.47 Å². The van der Waals surface area contributed by atoms with Gasteiger partial charge in [-0.2, -0.15) is 0 Å². The first-order chi connectivity index (χ1) is 9.35. The van der Waals surface area contributed by atoms with Gasteiger partial charge in [-0.05, 0) is 42.5 Å². The van der Waals surface area contributed by atoms with Crippen molar-refractivity contribution in [2.24, 2.45) is 0 Å². The van der Waals surface area contributed by atoms with E-state index in [-0.39, 0.29) is 0 Å². The van der Waals surface area contributed by atoms with Crippen molar-refractivity contribution in [2.45, 2.75) is 19.3 Å². The number of hydrogen-bond acceptors (Lipinski definition) is 3. The summed E-state index contributed by atoms with van der Waals surface area (Å²) in [6.07, 6.45) is 6.77. The molecular weight excluding hydrogens is 238 g/mol. The SMILES string of the molecule is COc1cccc(CCCc2cccnc2)c1OC. The molecule has 0 aliphatic carbocycles. The summed E-state index contributed by atoms with van der Waals surface area (Å²) in [5, 5.41) is 0. The number of para-hydroxylation sites is 1. The molecule has 1 aromatic heterocycles. The van der Waals surface area contributed by atoms with Crippen molar-refractivity contribution < 1.29 is 9.47 Å². The fourth-order valence-electron chi connectivity index (χ4n) is 2.18. The minimum atomic E-state index is 0.793. The van der Waals surface area contributed by atoms with Crippen molar-refractivity contribution >= 4 is 0 Å². The van der Waals surface area contributed by atoms with E-state index >= 15 is 0 Å². The second kappa shape index (κ2) is 6.78. The number of methoxy groups -OCH3 is 2. The molecule has 0 spiro atoms. The van der Waals surface area contributed by atoms with Gasteiger partial charge >= 0.3 is 0 Å². The predicted molar refractivity (Wildman–Crippen MR) is 75.8 cm³/mol. The molecule has 0 saturated heterocycles. The zero-order valence-corrected chi connectivity index (χ0v) is 11.4. The van der Waals surface area contributed by atoms with Crippen LogP contribution in [0.5, 0.6) is 11.5 Å². The third-order valence-electron chi connectivity index (χ3n) is 3.12. The van der Waals surface area contributed by atoms with Crippen LogP contribution in [0.3, 0.4) is 0 Å². The van der Waals surface area contributed by atoms with Gasteiger partial charge in [0.1, 0.15) is 0 Å². The van der Waals surface area contributed by atoms with Gasteiger partial charge in [-0.25, -0.2) is 0 Å². The summed E-state index contributed by atoms with van der Waals surface area (Å²) in [6.45, 7) is 0. The van der Waals surface area contributed by atoms with Crippen molar-refractivity contribution in [3.8, 4) is 11.5 Å². The second-order valence-corrected chi connectivity index (χ2v) is 4.37. The van der Waals surface area contributed by atoms with E-state index in [9.17, 15) is 0 Å². The van der Waals surface area contributed by atoms with Crippen LogP contribution in [0.1, 0.15) is 17.5 Å². The highest BCUT2D eigenvalue weighted by Gasteiger charge is 2.08. The molecule has 100 valence electrons. The lowest BCUT2D eigenvalue weighted by molar-refractivity contribution is 0.351. The average Bonchev–Trinajstić information content (AvgIpc) is 2.48. The lowest BCUT2D eigenvalue weighted by atomic mass is 10.0. The minimum absolute atomic E-state index is 0.793. The van der Waals surface area contributed by atoms with E-state index in [1.807, 2.05) is 24.4 Å². The molecule has 0 amide bonds. The van der Waals surface area contributed by atoms with Gasteiger partial charge in [0.25, 0.3) is 0 Å². The summed E-state index contributed by atoms with van der Waals surface area (Å²) < 4.78 is 10.7. The van der Waals surface area contributed by atoms with Crippen LogP contribution in [0.2, 0.25) is 0 Å². The number of aromatic nitrogens is 1. The van der Waals surface area contributed by atoms with Crippen LogP contribution in [0, 0.1) is 0 Å². The van der Waals surface area contributed by atoms with E-state index < -0.39 is 0 Å². The maximum Gasteiger partial charge on any atom is 0.163 e. The maximum absolute atomic E-state index is 5.43. The highest BCUT2D eigenvalue weighted by atomic mass is 16.5. The zero-order chi connectivity index (χ0) is 13.5. The van der Waals surface area contributed by atoms with Crippen LogP contribution in [0.15, 0.2) is 42.7 Å². The van der Waals surface area contributed by atoms with E-state index in [1.165, 1.54) is 11.1 Å². The molecule has 0 radical (unpaired) electrons. The Morgan fingerprint density at radius 2 is 1.89 bits per heavy atom. The number of benzene rings is 1. The minimum Gasteiger partial charge on any atom is -0.493 e. The van der Waals surface area contributed by atoms with Crippen LogP contribution in [-0.4, -0.2) is 19.2 Å². The summed E-state index contributed by atoms with van der Waals surface area (Å²) in [5.74, 6) is 1.64. The highest BCUT2D eigenvalue weighted by Crippen LogP contribution is 2.31. The van der Waals surface area contributed by atoms with Crippen molar-refractivity contribution in [1.82, 2.24) is 4.98 Å². The molecule has 19 heavy (non-hydrogen) atoms. The molecule has 0 bridgehead atoms. The molecule has 1 heterocycles. The second-order valence-electron chi connectivity index (χ2n) is 4.37. The molecule has 0 fully saturated rings. The van der Waals surface area contributed by atoms with Gasteiger partial charge in [0, 0.05) is 12.4 Å². The monoisotopic (exact) mass is 257 g/mol. The summed E-state index contributed by atoms with van der Waals surface area (Å²) in [7, 11) is 3.35. The summed E-state index contributed by atoms with van der Waals surface area (Å²) in [6, 6.07) is 10.1. The Morgan fingerprint density at radius 1 is 1.00 bits per heavy atom. The Balaban J connectivity index is 2.00. The largest absolute Gasteiger partial charge is 0.493 e. The third-order valence-corrected chi connectivity index (χ3v) is 3.12. The van der Waals surface area contributed by atoms with Crippen molar-refractivity contribution in [3.05, 3.63) is 53.9 Å². The molecule has 3 heteroatoms. The molecule has 0 unspecified atom stereocenters. The van der Waals surface area contributed by atoms with Crippen molar-refractivity contribution in [3.63, 3.8) is 0 Å². The molecule has 2 rings (SSSR count). The van der Waals surface area contributed by atoms with Crippen molar-refractivity contribution in [1.29, 1.82) is 0 Å². The Morgan fingerprint density at radius 3 is 2.58 bits per heavy atom. The van der Waals surface area contributed by atoms with Crippen molar-refractivity contribution in [2.75, 3.05) is 14.2 Å². The Bertz CT molecular complexity index is 511. The van der Waals surface area contributed by atoms with E-state index in [2.05, 4.69) is 17.1 Å². The Hall–Kier alpha value is -2.03. The standard InChI is InChI=1S/C16H19NO2/c1-18-15-10-4-9-14(16(15)19-2)8-3-6-13-7-5-11-17-12-13/h4-5,7,9-12H,3,6,8H2,1-2H3. The number of aryl methyl sites for hydroxylation is 2. The first-order valence-electron chi connectivity index (χ1n) is 6.44. The van der Waals surface area contributed by atoms with E-state index in [0.717, 1.165) is 30.8 Å². The number of ether oxygens (including phenoxy) is 2. The molecular formula is C16H19NO2. The molecule has 2 aromatic rings. The number of rotatable bonds is 6. The van der Waals surface area contributed by atoms with Gasteiger partial charge in [0.05, 0.1) is 14.2 Å². The van der Waals surface area contributed by atoms with Gasteiger partial charge in [-0.15, -0.1) is 0 Å². The van der Waals surface area contributed by atoms with Gasteiger partial charge in [0.2, 0.25) is 0 Å². The molecule has 0 atom stereocenters. The van der Waals surface area contributed by atoms with Gasteiger partial charge < -0.3 is 9.47 Å². The Kier molecular flexibility index (Phi) is 4.78. The van der Waals surface area contributed by atoms with Gasteiger partial charge in [0.15, 0.2) is 11.5 Å². The summed E-state index contributed by atoms with van der Waals surface area (Å²) in [5.41, 5.74) is 2.45. The van der Waals surface area contributed by atoms with Crippen LogP contribution < -0.4 is 9.47 Å². The molecule has 0 saturated carbocycles. The molecule has 1 aromatic carbocycles. The maximum atomic E-state index is 5.43. The number of pyridine rings is 1. The van der Waals surface area contributed by atoms with Crippen LogP contribution in [0.4, 0.5) is 0 Å². The number of nitrogens with zero attached hydrogens (tertiary/aromatic N) is 1. The van der Waals surface area contributed by atoms with Crippen LogP contribution in [-0.2, 0) is 12.8 Å². The van der Waals surface area contributed by atoms with E-state index in [0.29, 0.717) is 0 Å². The molecule has 0 aliphatic heterocycles. The third kappa shape index (κ3) is 3.47. The van der Waals surface area contributed by atoms with E-state index in [1.54, 1.807) is 20.4 Å². The number of hydrogen-bond donors (Lipinski definition) is 0. The predicted octanol–water partition coefficient (Wildman–Crippen LogP) is 3.27. The first-order valence-corrected chi connectivity index (χ1v) is 6.44. The highest BCUT2D eigenvalue weighted by molar-refractivity contribution is 5.46. The summed E-state index contributed by atoms with van der Waals surface area (Å²) >= 11 is 0. The fraction of sp³-hybridized carbons (Fsp3) is 0.312. The molecule has 0 aliphatic rings.